The predicted octanol–water partition coefficient (Wildman–Crippen LogP) is 3.13. The molecule has 3 rings (SSSR count). The summed E-state index contributed by atoms with van der Waals surface area (Å²) in [5.41, 5.74) is 1.94. The molecule has 2 aliphatic rings. The van der Waals surface area contributed by atoms with E-state index in [-0.39, 0.29) is 12.1 Å². The van der Waals surface area contributed by atoms with Gasteiger partial charge in [0, 0.05) is 38.4 Å². The van der Waals surface area contributed by atoms with Gasteiger partial charge in [0.15, 0.2) is 5.96 Å². The molecule has 2 aliphatic heterocycles. The number of nitrogens with one attached hydrogen (secondary N) is 2. The molecule has 1 unspecified atom stereocenters. The van der Waals surface area contributed by atoms with Crippen LogP contribution < -0.4 is 15.5 Å². The van der Waals surface area contributed by atoms with Crippen LogP contribution in [0.25, 0.3) is 0 Å². The molecule has 2 N–H and O–H groups in total. The first-order valence-corrected chi connectivity index (χ1v) is 10.9. The number of ether oxygens (including phenoxy) is 1. The van der Waals surface area contributed by atoms with Gasteiger partial charge in [-0.05, 0) is 51.8 Å². The lowest BCUT2D eigenvalue weighted by atomic mass is 10.2. The summed E-state index contributed by atoms with van der Waals surface area (Å²) >= 11 is 0. The SMILES string of the molecule is CCNC(=NCc1cccc(N2CC=CC2)c1)N1CCC(NC(=O)OC(C)(C)C)C1. The molecule has 1 saturated heterocycles. The molecule has 0 spiro atoms. The van der Waals surface area contributed by atoms with Crippen molar-refractivity contribution in [1.82, 2.24) is 15.5 Å². The van der Waals surface area contributed by atoms with E-state index in [0.29, 0.717) is 6.54 Å². The highest BCUT2D eigenvalue weighted by atomic mass is 16.6. The number of benzene rings is 1. The Morgan fingerprint density at radius 2 is 2.03 bits per heavy atom. The van der Waals surface area contributed by atoms with Gasteiger partial charge in [-0.15, -0.1) is 0 Å². The van der Waals surface area contributed by atoms with Crippen molar-refractivity contribution in [3.63, 3.8) is 0 Å². The fourth-order valence-electron chi connectivity index (χ4n) is 3.68. The minimum Gasteiger partial charge on any atom is -0.444 e. The van der Waals surface area contributed by atoms with E-state index in [4.69, 9.17) is 9.73 Å². The van der Waals surface area contributed by atoms with Crippen molar-refractivity contribution < 1.29 is 9.53 Å². The van der Waals surface area contributed by atoms with Crippen molar-refractivity contribution in [2.75, 3.05) is 37.6 Å². The Morgan fingerprint density at radius 1 is 1.27 bits per heavy atom. The van der Waals surface area contributed by atoms with E-state index < -0.39 is 5.60 Å². The molecule has 1 aromatic carbocycles. The molecule has 0 saturated carbocycles. The van der Waals surface area contributed by atoms with Gasteiger partial charge < -0.3 is 25.2 Å². The minimum absolute atomic E-state index is 0.0645. The molecule has 2 heterocycles. The van der Waals surface area contributed by atoms with E-state index in [1.54, 1.807) is 0 Å². The normalized spacial score (nSPS) is 19.3. The third kappa shape index (κ3) is 6.40. The maximum absolute atomic E-state index is 12.1. The second-order valence-corrected chi connectivity index (χ2v) is 8.79. The Morgan fingerprint density at radius 3 is 2.73 bits per heavy atom. The average molecular weight is 414 g/mol. The quantitative estimate of drug-likeness (QED) is 0.441. The maximum Gasteiger partial charge on any atom is 0.407 e. The molecule has 30 heavy (non-hydrogen) atoms. The smallest absolute Gasteiger partial charge is 0.407 e. The predicted molar refractivity (Wildman–Crippen MR) is 122 cm³/mol. The van der Waals surface area contributed by atoms with Crippen LogP contribution in [0.5, 0.6) is 0 Å². The highest BCUT2D eigenvalue weighted by Gasteiger charge is 2.27. The molecule has 1 fully saturated rings. The number of rotatable bonds is 5. The topological polar surface area (TPSA) is 69.2 Å². The maximum atomic E-state index is 12.1. The van der Waals surface area contributed by atoms with E-state index in [9.17, 15) is 4.79 Å². The van der Waals surface area contributed by atoms with E-state index in [0.717, 1.165) is 45.1 Å². The summed E-state index contributed by atoms with van der Waals surface area (Å²) in [5.74, 6) is 0.888. The average Bonchev–Trinajstić information content (AvgIpc) is 3.36. The lowest BCUT2D eigenvalue weighted by molar-refractivity contribution is 0.0507. The Hall–Kier alpha value is -2.70. The summed E-state index contributed by atoms with van der Waals surface area (Å²) in [5, 5.41) is 6.37. The first-order valence-electron chi connectivity index (χ1n) is 10.9. The van der Waals surface area contributed by atoms with Crippen LogP contribution in [0.15, 0.2) is 41.4 Å². The summed E-state index contributed by atoms with van der Waals surface area (Å²) in [6, 6.07) is 8.66. The van der Waals surface area contributed by atoms with Crippen LogP contribution in [-0.4, -0.2) is 61.3 Å². The van der Waals surface area contributed by atoms with Crippen molar-refractivity contribution in [3.8, 4) is 0 Å². The number of carbonyl (C=O) groups excluding carboxylic acids is 1. The number of guanidine groups is 1. The number of nitrogens with zero attached hydrogens (tertiary/aromatic N) is 3. The highest BCUT2D eigenvalue weighted by molar-refractivity contribution is 5.80. The summed E-state index contributed by atoms with van der Waals surface area (Å²) in [6.07, 6.45) is 4.91. The molecule has 0 aliphatic carbocycles. The summed E-state index contributed by atoms with van der Waals surface area (Å²) in [7, 11) is 0. The fraction of sp³-hybridized carbons (Fsp3) is 0.565. The molecule has 1 aromatic rings. The van der Waals surface area contributed by atoms with Gasteiger partial charge >= 0.3 is 6.09 Å². The van der Waals surface area contributed by atoms with E-state index >= 15 is 0 Å². The fourth-order valence-corrected chi connectivity index (χ4v) is 3.68. The molecule has 1 amide bonds. The van der Waals surface area contributed by atoms with Gasteiger partial charge in [0.2, 0.25) is 0 Å². The number of likely N-dealkylation sites (tertiary alicyclic amines) is 1. The number of hydrogen-bond acceptors (Lipinski definition) is 4. The summed E-state index contributed by atoms with van der Waals surface area (Å²) < 4.78 is 5.38. The largest absolute Gasteiger partial charge is 0.444 e. The highest BCUT2D eigenvalue weighted by Crippen LogP contribution is 2.19. The van der Waals surface area contributed by atoms with Crippen LogP contribution in [0.1, 0.15) is 39.7 Å². The minimum atomic E-state index is -0.488. The number of hydrogen-bond donors (Lipinski definition) is 2. The first-order chi connectivity index (χ1) is 14.3. The van der Waals surface area contributed by atoms with Gasteiger partial charge in [-0.25, -0.2) is 9.79 Å². The van der Waals surface area contributed by atoms with Gasteiger partial charge in [0.1, 0.15) is 5.60 Å². The van der Waals surface area contributed by atoms with Crippen LogP contribution >= 0.6 is 0 Å². The van der Waals surface area contributed by atoms with Gasteiger partial charge in [0.05, 0.1) is 12.6 Å². The number of alkyl carbamates (subject to hydrolysis) is 1. The molecule has 164 valence electrons. The van der Waals surface area contributed by atoms with Crippen molar-refractivity contribution in [2.45, 2.75) is 52.3 Å². The molecule has 0 bridgehead atoms. The lowest BCUT2D eigenvalue weighted by Crippen LogP contribution is -2.44. The molecular weight excluding hydrogens is 378 g/mol. The van der Waals surface area contributed by atoms with Crippen molar-refractivity contribution in [3.05, 3.63) is 42.0 Å². The van der Waals surface area contributed by atoms with Gasteiger partial charge in [-0.1, -0.05) is 24.3 Å². The van der Waals surface area contributed by atoms with Gasteiger partial charge in [-0.3, -0.25) is 0 Å². The third-order valence-corrected chi connectivity index (χ3v) is 5.05. The molecule has 0 aromatic heterocycles. The lowest BCUT2D eigenvalue weighted by Gasteiger charge is -2.23. The number of aliphatic imine (C=N–C) groups is 1. The van der Waals surface area contributed by atoms with Crippen molar-refractivity contribution >= 4 is 17.7 Å². The molecule has 7 heteroatoms. The second kappa shape index (κ2) is 9.87. The Bertz CT molecular complexity index is 776. The summed E-state index contributed by atoms with van der Waals surface area (Å²) in [4.78, 5) is 21.5. The van der Waals surface area contributed by atoms with E-state index in [2.05, 4.69) is 63.8 Å². The molecule has 0 radical (unpaired) electrons. The van der Waals surface area contributed by atoms with E-state index in [1.165, 1.54) is 11.3 Å². The van der Waals surface area contributed by atoms with Crippen LogP contribution in [-0.2, 0) is 11.3 Å². The van der Waals surface area contributed by atoms with Crippen LogP contribution in [0, 0.1) is 0 Å². The first kappa shape index (κ1) is 22.0. The van der Waals surface area contributed by atoms with E-state index in [1.807, 2.05) is 20.8 Å². The van der Waals surface area contributed by atoms with Gasteiger partial charge in [0.25, 0.3) is 0 Å². The van der Waals surface area contributed by atoms with Crippen LogP contribution in [0.2, 0.25) is 0 Å². The second-order valence-electron chi connectivity index (χ2n) is 8.79. The number of anilines is 1. The zero-order valence-corrected chi connectivity index (χ0v) is 18.6. The number of amides is 1. The Kier molecular flexibility index (Phi) is 7.24. The number of carbonyl (C=O) groups is 1. The standard InChI is InChI=1S/C23H35N5O2/c1-5-24-21(28-14-11-19(17-28)26-22(29)30-23(2,3)4)25-16-18-9-8-10-20(15-18)27-12-6-7-13-27/h6-10,15,19H,5,11-14,16-17H2,1-4H3,(H,24,25)(H,26,29). The van der Waals surface area contributed by atoms with Gasteiger partial charge in [-0.2, -0.15) is 0 Å². The summed E-state index contributed by atoms with van der Waals surface area (Å²) in [6.45, 7) is 12.6. The van der Waals surface area contributed by atoms with Crippen molar-refractivity contribution in [2.24, 2.45) is 4.99 Å². The molecular formula is C23H35N5O2. The van der Waals surface area contributed by atoms with Crippen molar-refractivity contribution in [1.29, 1.82) is 0 Å². The third-order valence-electron chi connectivity index (χ3n) is 5.05. The monoisotopic (exact) mass is 413 g/mol. The van der Waals surface area contributed by atoms with Crippen LogP contribution in [0.3, 0.4) is 0 Å². The molecule has 1 atom stereocenters. The zero-order chi connectivity index (χ0) is 21.6. The molecule has 7 nitrogen and oxygen atoms in total. The Balaban J connectivity index is 1.58. The Labute approximate surface area is 180 Å². The van der Waals surface area contributed by atoms with Crippen LogP contribution in [0.4, 0.5) is 10.5 Å². The zero-order valence-electron chi connectivity index (χ0n) is 18.6.